The van der Waals surface area contributed by atoms with Gasteiger partial charge in [0, 0.05) is 36.5 Å². The van der Waals surface area contributed by atoms with Crippen LogP contribution in [0.4, 0.5) is 0 Å². The lowest BCUT2D eigenvalue weighted by Crippen LogP contribution is -2.75. The van der Waals surface area contributed by atoms with Crippen LogP contribution in [0.2, 0.25) is 0 Å². The topological polar surface area (TPSA) is 101 Å². The van der Waals surface area contributed by atoms with Gasteiger partial charge in [-0.15, -0.1) is 11.8 Å². The summed E-state index contributed by atoms with van der Waals surface area (Å²) in [4.78, 5) is 34.8. The lowest BCUT2D eigenvalue weighted by atomic mass is 9.72. The molecular weight excluding hydrogens is 536 g/mol. The highest BCUT2D eigenvalue weighted by molar-refractivity contribution is 8.01. The molecular formula is C31H42N6O3S. The number of Topliss-reactive ketones (excluding diaryl/α,β-unsaturated/α-hetero) is 1. The normalized spacial score (nSPS) is 35.7. The van der Waals surface area contributed by atoms with Gasteiger partial charge in [-0.1, -0.05) is 24.8 Å². The number of thioether (sulfide) groups is 1. The van der Waals surface area contributed by atoms with Crippen molar-refractivity contribution in [2.24, 2.45) is 5.92 Å². The summed E-state index contributed by atoms with van der Waals surface area (Å²) in [6.45, 7) is 9.25. The van der Waals surface area contributed by atoms with Crippen molar-refractivity contribution in [3.05, 3.63) is 42.0 Å². The minimum Gasteiger partial charge on any atom is -0.348 e. The SMILES string of the molecule is C=CC(=O)N1CCN(C2NC(OCC3CCCN3C)NC3C(=O)[C@]4(CCC32)Cc2cccc(C)c2S4)CC1CC#N. The molecule has 5 aliphatic rings. The number of amides is 1. The first-order chi connectivity index (χ1) is 19.8. The third kappa shape index (κ3) is 5.37. The molecule has 6 unspecified atom stereocenters. The molecule has 0 aromatic heterocycles. The monoisotopic (exact) mass is 578 g/mol. The standard InChI is InChI=1S/C31H42N6O3S/c1-4-25(38)37-16-15-36(18-22(37)11-13-32)29-24-10-12-31(17-21-8-5-7-20(2)27(21)41-31)28(39)26(24)33-30(34-29)40-19-23-9-6-14-35(23)3/h4-5,7-8,22-24,26,29-30,33-34H,1,6,9-12,14-19H2,2-3H3/t22?,23?,24?,26?,29?,30?,31-/m0/s1. The van der Waals surface area contributed by atoms with E-state index in [9.17, 15) is 14.9 Å². The number of aryl methyl sites for hydroxylation is 1. The highest BCUT2D eigenvalue weighted by Crippen LogP contribution is 2.53. The molecule has 1 aromatic rings. The van der Waals surface area contributed by atoms with Gasteiger partial charge in [0.05, 0.1) is 42.1 Å². The number of likely N-dealkylation sites (N-methyl/N-ethyl adjacent to an activating group) is 1. The van der Waals surface area contributed by atoms with Crippen molar-refractivity contribution >= 4 is 23.5 Å². The number of nitriles is 1. The van der Waals surface area contributed by atoms with E-state index in [4.69, 9.17) is 4.74 Å². The number of piperazine rings is 1. The highest BCUT2D eigenvalue weighted by Gasteiger charge is 2.57. The molecule has 1 aliphatic carbocycles. The fourth-order valence-corrected chi connectivity index (χ4v) is 9.27. The summed E-state index contributed by atoms with van der Waals surface area (Å²) >= 11 is 1.77. The molecule has 4 heterocycles. The molecule has 9 nitrogen and oxygen atoms in total. The average molecular weight is 579 g/mol. The van der Waals surface area contributed by atoms with Crippen molar-refractivity contribution in [3.8, 4) is 6.07 Å². The van der Waals surface area contributed by atoms with E-state index >= 15 is 0 Å². The van der Waals surface area contributed by atoms with Crippen molar-refractivity contribution in [3.63, 3.8) is 0 Å². The van der Waals surface area contributed by atoms with E-state index in [2.05, 4.69) is 65.3 Å². The van der Waals surface area contributed by atoms with Crippen molar-refractivity contribution in [2.75, 3.05) is 39.8 Å². The molecule has 4 aliphatic heterocycles. The Morgan fingerprint density at radius 1 is 1.27 bits per heavy atom. The number of nitrogens with zero attached hydrogens (tertiary/aromatic N) is 4. The van der Waals surface area contributed by atoms with Crippen molar-refractivity contribution < 1.29 is 14.3 Å². The number of fused-ring (bicyclic) bond motifs is 2. The van der Waals surface area contributed by atoms with Gasteiger partial charge in [0.2, 0.25) is 5.91 Å². The predicted molar refractivity (Wildman–Crippen MR) is 158 cm³/mol. The summed E-state index contributed by atoms with van der Waals surface area (Å²) in [7, 11) is 2.15. The molecule has 10 heteroatoms. The van der Waals surface area contributed by atoms with Gasteiger partial charge in [0.1, 0.15) is 0 Å². The first kappa shape index (κ1) is 28.8. The number of ketones is 1. The molecule has 1 amide bonds. The first-order valence-electron chi connectivity index (χ1n) is 15.0. The van der Waals surface area contributed by atoms with E-state index in [1.807, 2.05) is 0 Å². The zero-order chi connectivity index (χ0) is 28.7. The van der Waals surface area contributed by atoms with Gasteiger partial charge in [-0.25, -0.2) is 0 Å². The Hall–Kier alpha value is -2.26. The minimum atomic E-state index is -0.452. The van der Waals surface area contributed by atoms with E-state index in [1.54, 1.807) is 16.7 Å². The van der Waals surface area contributed by atoms with Crippen LogP contribution in [-0.2, 0) is 20.7 Å². The molecule has 7 atom stereocenters. The van der Waals surface area contributed by atoms with E-state index < -0.39 is 11.1 Å². The van der Waals surface area contributed by atoms with E-state index in [-0.39, 0.29) is 42.3 Å². The molecule has 41 heavy (non-hydrogen) atoms. The Balaban J connectivity index is 1.24. The van der Waals surface area contributed by atoms with Gasteiger partial charge >= 0.3 is 0 Å². The van der Waals surface area contributed by atoms with Gasteiger partial charge in [-0.05, 0) is 69.8 Å². The zero-order valence-electron chi connectivity index (χ0n) is 24.2. The zero-order valence-corrected chi connectivity index (χ0v) is 25.0. The van der Waals surface area contributed by atoms with Gasteiger partial charge in [0.25, 0.3) is 0 Å². The second kappa shape index (κ2) is 11.8. The number of carbonyl (C=O) groups is 2. The molecule has 2 N–H and O–H groups in total. The van der Waals surface area contributed by atoms with Crippen molar-refractivity contribution in [1.29, 1.82) is 5.26 Å². The number of rotatable bonds is 6. The predicted octanol–water partition coefficient (Wildman–Crippen LogP) is 2.26. The number of likely N-dealkylation sites (tertiary alicyclic amines) is 1. The maximum Gasteiger partial charge on any atom is 0.246 e. The maximum absolute atomic E-state index is 14.5. The second-order valence-corrected chi connectivity index (χ2v) is 13.8. The van der Waals surface area contributed by atoms with Crippen LogP contribution in [-0.4, -0.2) is 102 Å². The number of carbonyl (C=O) groups excluding carboxylic acids is 2. The number of hydrogen-bond acceptors (Lipinski definition) is 9. The molecule has 1 spiro atoms. The Kier molecular flexibility index (Phi) is 8.29. The van der Waals surface area contributed by atoms with Crippen molar-refractivity contribution in [2.45, 2.75) is 85.7 Å². The van der Waals surface area contributed by atoms with Crippen LogP contribution < -0.4 is 10.6 Å². The quantitative estimate of drug-likeness (QED) is 0.493. The van der Waals surface area contributed by atoms with E-state index in [0.29, 0.717) is 32.3 Å². The summed E-state index contributed by atoms with van der Waals surface area (Å²) in [5.41, 5.74) is 2.53. The van der Waals surface area contributed by atoms with Crippen LogP contribution in [0.3, 0.4) is 0 Å². The van der Waals surface area contributed by atoms with Crippen LogP contribution in [0.15, 0.2) is 35.7 Å². The lowest BCUT2D eigenvalue weighted by molar-refractivity contribution is -0.144. The van der Waals surface area contributed by atoms with Gasteiger partial charge in [-0.3, -0.25) is 25.1 Å². The van der Waals surface area contributed by atoms with Gasteiger partial charge in [-0.2, -0.15) is 5.26 Å². The Morgan fingerprint density at radius 3 is 2.85 bits per heavy atom. The van der Waals surface area contributed by atoms with Crippen LogP contribution in [0.1, 0.15) is 43.2 Å². The van der Waals surface area contributed by atoms with Crippen molar-refractivity contribution in [1.82, 2.24) is 25.3 Å². The first-order valence-corrected chi connectivity index (χ1v) is 15.8. The summed E-state index contributed by atoms with van der Waals surface area (Å²) in [6, 6.07) is 8.51. The number of nitrogens with one attached hydrogen (secondary N) is 2. The Morgan fingerprint density at radius 2 is 2.12 bits per heavy atom. The molecule has 1 saturated carbocycles. The summed E-state index contributed by atoms with van der Waals surface area (Å²) in [6.07, 6.45) is 5.87. The molecule has 1 aromatic carbocycles. The summed E-state index contributed by atoms with van der Waals surface area (Å²) in [5.74, 6) is 0.212. The summed E-state index contributed by atoms with van der Waals surface area (Å²) < 4.78 is 6.01. The maximum atomic E-state index is 14.5. The number of hydrogen-bond donors (Lipinski definition) is 2. The number of benzene rings is 1. The van der Waals surface area contributed by atoms with Gasteiger partial charge < -0.3 is 14.5 Å². The summed E-state index contributed by atoms with van der Waals surface area (Å²) in [5, 5.41) is 16.9. The highest BCUT2D eigenvalue weighted by atomic mass is 32.2. The number of ether oxygens (including phenoxy) is 1. The fourth-order valence-electron chi connectivity index (χ4n) is 7.70. The van der Waals surface area contributed by atoms with E-state index in [0.717, 1.165) is 32.2 Å². The molecule has 3 saturated heterocycles. The van der Waals surface area contributed by atoms with Crippen LogP contribution in [0.5, 0.6) is 0 Å². The largest absolute Gasteiger partial charge is 0.348 e. The molecule has 0 bridgehead atoms. The van der Waals surface area contributed by atoms with Crippen LogP contribution in [0.25, 0.3) is 0 Å². The lowest BCUT2D eigenvalue weighted by Gasteiger charge is -2.54. The Labute approximate surface area is 247 Å². The molecule has 220 valence electrons. The minimum absolute atomic E-state index is 0.0666. The Bertz CT molecular complexity index is 1240. The smallest absolute Gasteiger partial charge is 0.246 e. The third-order valence-electron chi connectivity index (χ3n) is 9.99. The molecule has 4 fully saturated rings. The van der Waals surface area contributed by atoms with E-state index in [1.165, 1.54) is 28.5 Å². The average Bonchev–Trinajstić information content (AvgIpc) is 3.57. The van der Waals surface area contributed by atoms with Crippen LogP contribution >= 0.6 is 11.8 Å². The third-order valence-corrected chi connectivity index (χ3v) is 11.7. The fraction of sp³-hybridized carbons (Fsp3) is 0.645. The molecule has 6 rings (SSSR count). The van der Waals surface area contributed by atoms with Gasteiger partial charge in [0.15, 0.2) is 12.1 Å². The molecule has 0 radical (unpaired) electrons. The second-order valence-electron chi connectivity index (χ2n) is 12.4. The van der Waals surface area contributed by atoms with Crippen LogP contribution in [0, 0.1) is 24.2 Å².